The lowest BCUT2D eigenvalue weighted by Crippen LogP contribution is -2.13. The van der Waals surface area contributed by atoms with Crippen molar-refractivity contribution in [3.05, 3.63) is 64.6 Å². The standard InChI is InChI=1S/C21H16N4O3S/c1-12-22-18(10-29-12)14-4-2-3-5-15(14)23-21(26)17-9-16(24-25-17)13-6-7-19-20(8-13)28-11-27-19/h2-10H,11H2,1H3,(H,23,26)(H,24,25). The minimum atomic E-state index is -0.274. The summed E-state index contributed by atoms with van der Waals surface area (Å²) in [4.78, 5) is 17.3. The molecule has 2 aromatic carbocycles. The van der Waals surface area contributed by atoms with E-state index in [2.05, 4.69) is 20.5 Å². The smallest absolute Gasteiger partial charge is 0.273 e. The first-order chi connectivity index (χ1) is 14.2. The van der Waals surface area contributed by atoms with Crippen LogP contribution in [0.25, 0.3) is 22.5 Å². The van der Waals surface area contributed by atoms with Crippen molar-refractivity contribution in [1.29, 1.82) is 0 Å². The summed E-state index contributed by atoms with van der Waals surface area (Å²) in [5, 5.41) is 13.0. The van der Waals surface area contributed by atoms with Gasteiger partial charge in [-0.1, -0.05) is 18.2 Å². The molecule has 0 bridgehead atoms. The van der Waals surface area contributed by atoms with E-state index < -0.39 is 0 Å². The Morgan fingerprint density at radius 3 is 2.83 bits per heavy atom. The van der Waals surface area contributed by atoms with Gasteiger partial charge in [-0.2, -0.15) is 5.10 Å². The number of rotatable bonds is 4. The highest BCUT2D eigenvalue weighted by molar-refractivity contribution is 7.09. The fourth-order valence-corrected chi connectivity index (χ4v) is 3.75. The van der Waals surface area contributed by atoms with Crippen LogP contribution in [0.2, 0.25) is 0 Å². The normalized spacial score (nSPS) is 12.2. The molecule has 7 nitrogen and oxygen atoms in total. The molecule has 29 heavy (non-hydrogen) atoms. The largest absolute Gasteiger partial charge is 0.454 e. The van der Waals surface area contributed by atoms with Crippen molar-refractivity contribution in [2.45, 2.75) is 6.92 Å². The van der Waals surface area contributed by atoms with Crippen molar-refractivity contribution < 1.29 is 14.3 Å². The molecule has 2 aromatic heterocycles. The van der Waals surface area contributed by atoms with Crippen LogP contribution in [0.3, 0.4) is 0 Å². The number of carbonyl (C=O) groups is 1. The van der Waals surface area contributed by atoms with Crippen LogP contribution in [0.15, 0.2) is 53.9 Å². The SMILES string of the molecule is Cc1nc(-c2ccccc2NC(=O)c2cc(-c3ccc4c(c3)OCO4)n[nH]2)cs1. The molecular formula is C21H16N4O3S. The topological polar surface area (TPSA) is 89.1 Å². The summed E-state index contributed by atoms with van der Waals surface area (Å²) in [6.45, 7) is 2.17. The van der Waals surface area contributed by atoms with Gasteiger partial charge in [0, 0.05) is 16.5 Å². The predicted molar refractivity (Wildman–Crippen MR) is 110 cm³/mol. The van der Waals surface area contributed by atoms with Gasteiger partial charge in [-0.05, 0) is 37.3 Å². The Balaban J connectivity index is 1.39. The van der Waals surface area contributed by atoms with Crippen LogP contribution >= 0.6 is 11.3 Å². The number of benzene rings is 2. The molecule has 2 N–H and O–H groups in total. The van der Waals surface area contributed by atoms with Crippen molar-refractivity contribution >= 4 is 22.9 Å². The minimum absolute atomic E-state index is 0.213. The van der Waals surface area contributed by atoms with E-state index in [9.17, 15) is 4.79 Å². The maximum atomic E-state index is 12.8. The Morgan fingerprint density at radius 2 is 1.97 bits per heavy atom. The van der Waals surface area contributed by atoms with Gasteiger partial charge in [0.25, 0.3) is 5.91 Å². The van der Waals surface area contributed by atoms with E-state index in [0.717, 1.165) is 21.8 Å². The Hall–Kier alpha value is -3.65. The Bertz CT molecular complexity index is 1210. The highest BCUT2D eigenvalue weighted by Gasteiger charge is 2.17. The van der Waals surface area contributed by atoms with Crippen molar-refractivity contribution in [2.75, 3.05) is 12.1 Å². The van der Waals surface area contributed by atoms with Crippen LogP contribution in [0, 0.1) is 6.92 Å². The number of nitrogens with zero attached hydrogens (tertiary/aromatic N) is 2. The van der Waals surface area contributed by atoms with E-state index in [1.807, 2.05) is 54.8 Å². The highest BCUT2D eigenvalue weighted by atomic mass is 32.1. The molecule has 144 valence electrons. The number of nitrogens with one attached hydrogen (secondary N) is 2. The third kappa shape index (κ3) is 3.34. The maximum absolute atomic E-state index is 12.8. The van der Waals surface area contributed by atoms with Gasteiger partial charge < -0.3 is 14.8 Å². The molecule has 4 aromatic rings. The van der Waals surface area contributed by atoms with Crippen molar-refractivity contribution in [3.8, 4) is 34.0 Å². The molecule has 0 saturated heterocycles. The van der Waals surface area contributed by atoms with Crippen LogP contribution in [0.1, 0.15) is 15.5 Å². The molecule has 0 atom stereocenters. The fraction of sp³-hybridized carbons (Fsp3) is 0.0952. The zero-order valence-electron chi connectivity index (χ0n) is 15.4. The third-order valence-corrected chi connectivity index (χ3v) is 5.33. The van der Waals surface area contributed by atoms with E-state index in [-0.39, 0.29) is 12.7 Å². The molecule has 1 aliphatic rings. The number of aromatic amines is 1. The number of ether oxygens (including phenoxy) is 2. The van der Waals surface area contributed by atoms with E-state index >= 15 is 0 Å². The molecule has 0 spiro atoms. The molecular weight excluding hydrogens is 388 g/mol. The summed E-state index contributed by atoms with van der Waals surface area (Å²) in [5.41, 5.74) is 4.26. The zero-order chi connectivity index (χ0) is 19.8. The molecule has 0 fully saturated rings. The number of anilines is 1. The van der Waals surface area contributed by atoms with E-state index in [0.29, 0.717) is 28.6 Å². The van der Waals surface area contributed by atoms with Crippen molar-refractivity contribution in [1.82, 2.24) is 15.2 Å². The lowest BCUT2D eigenvalue weighted by molar-refractivity contribution is 0.102. The summed E-state index contributed by atoms with van der Waals surface area (Å²) in [6, 6.07) is 14.9. The van der Waals surface area contributed by atoms with Gasteiger partial charge in [-0.15, -0.1) is 11.3 Å². The van der Waals surface area contributed by atoms with Gasteiger partial charge in [-0.3, -0.25) is 9.89 Å². The average molecular weight is 404 g/mol. The van der Waals surface area contributed by atoms with E-state index in [1.165, 1.54) is 0 Å². The van der Waals surface area contributed by atoms with Gasteiger partial charge in [0.1, 0.15) is 5.69 Å². The zero-order valence-corrected chi connectivity index (χ0v) is 16.2. The lowest BCUT2D eigenvalue weighted by atomic mass is 10.1. The van der Waals surface area contributed by atoms with Gasteiger partial charge in [0.15, 0.2) is 11.5 Å². The number of carbonyl (C=O) groups excluding carboxylic acids is 1. The van der Waals surface area contributed by atoms with Gasteiger partial charge in [0.05, 0.1) is 22.1 Å². The predicted octanol–water partition coefficient (Wildman–Crippen LogP) is 4.49. The Labute approximate surface area is 170 Å². The summed E-state index contributed by atoms with van der Waals surface area (Å²) >= 11 is 1.57. The van der Waals surface area contributed by atoms with E-state index in [4.69, 9.17) is 9.47 Å². The number of hydrogen-bond donors (Lipinski definition) is 2. The molecule has 1 aliphatic heterocycles. The number of hydrogen-bond acceptors (Lipinski definition) is 6. The summed E-state index contributed by atoms with van der Waals surface area (Å²) in [6.07, 6.45) is 0. The summed E-state index contributed by atoms with van der Waals surface area (Å²) in [5.74, 6) is 1.10. The van der Waals surface area contributed by atoms with Crippen molar-refractivity contribution in [3.63, 3.8) is 0 Å². The van der Waals surface area contributed by atoms with Gasteiger partial charge in [0.2, 0.25) is 6.79 Å². The molecule has 5 rings (SSSR count). The number of fused-ring (bicyclic) bond motifs is 1. The quantitative estimate of drug-likeness (QED) is 0.523. The van der Waals surface area contributed by atoms with Crippen molar-refractivity contribution in [2.24, 2.45) is 0 Å². The second-order valence-corrected chi connectivity index (χ2v) is 7.55. The molecule has 0 radical (unpaired) electrons. The molecule has 0 aliphatic carbocycles. The molecule has 0 saturated carbocycles. The van der Waals surface area contributed by atoms with E-state index in [1.54, 1.807) is 17.4 Å². The first-order valence-corrected chi connectivity index (χ1v) is 9.84. The number of aryl methyl sites for hydroxylation is 1. The molecule has 0 unspecified atom stereocenters. The fourth-order valence-electron chi connectivity index (χ4n) is 3.13. The lowest BCUT2D eigenvalue weighted by Gasteiger charge is -2.08. The second kappa shape index (κ2) is 7.06. The van der Waals surface area contributed by atoms with Crippen LogP contribution in [-0.2, 0) is 0 Å². The van der Waals surface area contributed by atoms with Gasteiger partial charge >= 0.3 is 0 Å². The molecule has 1 amide bonds. The second-order valence-electron chi connectivity index (χ2n) is 6.49. The monoisotopic (exact) mass is 404 g/mol. The summed E-state index contributed by atoms with van der Waals surface area (Å²) < 4.78 is 10.7. The third-order valence-electron chi connectivity index (χ3n) is 4.56. The Morgan fingerprint density at radius 1 is 1.10 bits per heavy atom. The van der Waals surface area contributed by atoms with Gasteiger partial charge in [-0.25, -0.2) is 4.98 Å². The van der Waals surface area contributed by atoms with Crippen LogP contribution in [0.4, 0.5) is 5.69 Å². The highest BCUT2D eigenvalue weighted by Crippen LogP contribution is 2.35. The maximum Gasteiger partial charge on any atom is 0.273 e. The summed E-state index contributed by atoms with van der Waals surface area (Å²) in [7, 11) is 0. The first-order valence-electron chi connectivity index (χ1n) is 8.96. The number of para-hydroxylation sites is 1. The number of thiazole rings is 1. The minimum Gasteiger partial charge on any atom is -0.454 e. The molecule has 8 heteroatoms. The number of aromatic nitrogens is 3. The van der Waals surface area contributed by atoms with Crippen LogP contribution in [0.5, 0.6) is 11.5 Å². The van der Waals surface area contributed by atoms with Crippen LogP contribution < -0.4 is 14.8 Å². The molecule has 3 heterocycles. The number of amides is 1. The number of H-pyrrole nitrogens is 1. The average Bonchev–Trinajstić information content (AvgIpc) is 3.48. The van der Waals surface area contributed by atoms with Crippen LogP contribution in [-0.4, -0.2) is 27.9 Å². The Kier molecular flexibility index (Phi) is 4.25. The first kappa shape index (κ1) is 17.4.